The van der Waals surface area contributed by atoms with E-state index in [9.17, 15) is 4.79 Å². The summed E-state index contributed by atoms with van der Waals surface area (Å²) >= 11 is 0. The Morgan fingerprint density at radius 1 is 1.44 bits per heavy atom. The smallest absolute Gasteiger partial charge is 0.307 e. The number of aliphatic carboxylic acids is 1. The number of benzene rings is 1. The van der Waals surface area contributed by atoms with Gasteiger partial charge in [-0.15, -0.1) is 0 Å². The van der Waals surface area contributed by atoms with Gasteiger partial charge in [-0.3, -0.25) is 4.79 Å². The van der Waals surface area contributed by atoms with Gasteiger partial charge in [0.15, 0.2) is 0 Å². The van der Waals surface area contributed by atoms with Gasteiger partial charge in [0.2, 0.25) is 0 Å². The van der Waals surface area contributed by atoms with Crippen LogP contribution < -0.4 is 0 Å². The molecular weight excluding hydrogens is 206 g/mol. The lowest BCUT2D eigenvalue weighted by Crippen LogP contribution is -2.08. The zero-order valence-corrected chi connectivity index (χ0v) is 9.03. The number of aliphatic hydroxyl groups is 1. The molecule has 4 nitrogen and oxygen atoms in total. The van der Waals surface area contributed by atoms with Gasteiger partial charge in [0.1, 0.15) is 0 Å². The van der Waals surface area contributed by atoms with Crippen LogP contribution in [0.2, 0.25) is 0 Å². The molecule has 0 spiro atoms. The Hall–Kier alpha value is -1.86. The Bertz CT molecular complexity index is 421. The first-order chi connectivity index (χ1) is 7.62. The number of carboxylic acid groups (broad SMARTS) is 1. The lowest BCUT2D eigenvalue weighted by atomic mass is 9.94. The topological polar surface area (TPSA) is 81.3 Å². The Labute approximate surface area is 93.8 Å². The van der Waals surface area contributed by atoms with Gasteiger partial charge in [-0.25, -0.2) is 0 Å². The minimum atomic E-state index is -0.936. The number of carbonyl (C=O) groups is 1. The third-order valence-corrected chi connectivity index (χ3v) is 2.44. The van der Waals surface area contributed by atoms with Crippen LogP contribution in [0.5, 0.6) is 0 Å². The maximum Gasteiger partial charge on any atom is 0.307 e. The highest BCUT2D eigenvalue weighted by Crippen LogP contribution is 2.19. The van der Waals surface area contributed by atoms with Crippen LogP contribution >= 0.6 is 0 Å². The summed E-state index contributed by atoms with van der Waals surface area (Å²) in [5.74, 6) is -0.936. The summed E-state index contributed by atoms with van der Waals surface area (Å²) in [5.41, 5.74) is 2.41. The number of hydrogen-bond donors (Lipinski definition) is 2. The maximum absolute atomic E-state index is 10.7. The van der Waals surface area contributed by atoms with Crippen molar-refractivity contribution in [1.82, 2.24) is 0 Å². The highest BCUT2D eigenvalue weighted by molar-refractivity contribution is 5.71. The molecule has 0 fully saturated rings. The number of nitrogens with zero attached hydrogens (tertiary/aromatic N) is 1. The van der Waals surface area contributed by atoms with E-state index in [1.54, 1.807) is 6.07 Å². The second kappa shape index (κ2) is 5.29. The Morgan fingerprint density at radius 2 is 2.06 bits per heavy atom. The summed E-state index contributed by atoms with van der Waals surface area (Å²) in [7, 11) is 0. The quantitative estimate of drug-likeness (QED) is 0.798. The molecule has 0 heterocycles. The third-order valence-electron chi connectivity index (χ3n) is 2.44. The molecule has 0 radical (unpaired) electrons. The average Bonchev–Trinajstić information content (AvgIpc) is 2.28. The second-order valence-electron chi connectivity index (χ2n) is 3.47. The summed E-state index contributed by atoms with van der Waals surface area (Å²) in [6, 6.07) is 5.22. The molecule has 2 N–H and O–H groups in total. The highest BCUT2D eigenvalue weighted by Gasteiger charge is 2.12. The van der Waals surface area contributed by atoms with Crippen molar-refractivity contribution in [2.45, 2.75) is 26.4 Å². The Balaban J connectivity index is 3.32. The molecule has 0 aromatic heterocycles. The predicted molar refractivity (Wildman–Crippen MR) is 57.8 cm³/mol. The minimum Gasteiger partial charge on any atom is -0.481 e. The average molecular weight is 219 g/mol. The van der Waals surface area contributed by atoms with E-state index < -0.39 is 5.97 Å². The predicted octanol–water partition coefficient (Wildman–Crippen LogP) is 1.24. The first kappa shape index (κ1) is 12.2. The van der Waals surface area contributed by atoms with Gasteiger partial charge in [-0.2, -0.15) is 5.26 Å². The van der Waals surface area contributed by atoms with Crippen LogP contribution in [-0.2, 0) is 24.2 Å². The van der Waals surface area contributed by atoms with E-state index in [1.165, 1.54) is 6.07 Å². The molecular formula is C12H13NO3. The fourth-order valence-corrected chi connectivity index (χ4v) is 1.70. The molecule has 0 aliphatic rings. The number of aryl methyl sites for hydroxylation is 1. The van der Waals surface area contributed by atoms with Crippen LogP contribution in [0.3, 0.4) is 0 Å². The van der Waals surface area contributed by atoms with Crippen molar-refractivity contribution >= 4 is 5.97 Å². The van der Waals surface area contributed by atoms with Crippen LogP contribution in [0.25, 0.3) is 0 Å². The third kappa shape index (κ3) is 2.59. The van der Waals surface area contributed by atoms with Crippen LogP contribution in [0.15, 0.2) is 12.1 Å². The lowest BCUT2D eigenvalue weighted by Gasteiger charge is -2.11. The molecule has 0 saturated heterocycles. The lowest BCUT2D eigenvalue weighted by molar-refractivity contribution is -0.136. The molecule has 1 aromatic rings. The SMILES string of the molecule is CCc1cc(C#N)cc(CO)c1CC(=O)O. The number of hydrogen-bond acceptors (Lipinski definition) is 3. The van der Waals surface area contributed by atoms with E-state index in [0.29, 0.717) is 23.1 Å². The number of carboxylic acids is 1. The van der Waals surface area contributed by atoms with Crippen molar-refractivity contribution in [1.29, 1.82) is 5.26 Å². The molecule has 4 heteroatoms. The van der Waals surface area contributed by atoms with Gasteiger partial charge in [0, 0.05) is 0 Å². The fraction of sp³-hybridized carbons (Fsp3) is 0.333. The summed E-state index contributed by atoms with van der Waals surface area (Å²) in [5, 5.41) is 26.8. The molecule has 0 saturated carbocycles. The second-order valence-corrected chi connectivity index (χ2v) is 3.47. The first-order valence-electron chi connectivity index (χ1n) is 4.99. The van der Waals surface area contributed by atoms with Gasteiger partial charge in [-0.1, -0.05) is 6.92 Å². The van der Waals surface area contributed by atoms with Gasteiger partial charge in [0.05, 0.1) is 24.7 Å². The summed E-state index contributed by atoms with van der Waals surface area (Å²) < 4.78 is 0. The van der Waals surface area contributed by atoms with Crippen LogP contribution in [0, 0.1) is 11.3 Å². The molecule has 1 aromatic carbocycles. The van der Waals surface area contributed by atoms with E-state index in [2.05, 4.69) is 0 Å². The molecule has 1 rings (SSSR count). The zero-order chi connectivity index (χ0) is 12.1. The molecule has 16 heavy (non-hydrogen) atoms. The largest absolute Gasteiger partial charge is 0.481 e. The molecule has 0 atom stereocenters. The van der Waals surface area contributed by atoms with Crippen molar-refractivity contribution in [3.63, 3.8) is 0 Å². The number of rotatable bonds is 4. The minimum absolute atomic E-state index is 0.120. The molecule has 0 aliphatic heterocycles. The monoisotopic (exact) mass is 219 g/mol. The van der Waals surface area contributed by atoms with E-state index in [-0.39, 0.29) is 13.0 Å². The van der Waals surface area contributed by atoms with Crippen molar-refractivity contribution < 1.29 is 15.0 Å². The van der Waals surface area contributed by atoms with Crippen molar-refractivity contribution in [2.24, 2.45) is 0 Å². The van der Waals surface area contributed by atoms with Crippen LogP contribution in [0.4, 0.5) is 0 Å². The first-order valence-corrected chi connectivity index (χ1v) is 4.99. The van der Waals surface area contributed by atoms with E-state index in [4.69, 9.17) is 15.5 Å². The molecule has 84 valence electrons. The van der Waals surface area contributed by atoms with Gasteiger partial charge < -0.3 is 10.2 Å². The Morgan fingerprint density at radius 3 is 2.50 bits per heavy atom. The summed E-state index contributed by atoms with van der Waals surface area (Å²) in [6.45, 7) is 1.65. The maximum atomic E-state index is 10.7. The highest BCUT2D eigenvalue weighted by atomic mass is 16.4. The molecule has 0 unspecified atom stereocenters. The van der Waals surface area contributed by atoms with Crippen molar-refractivity contribution in [3.8, 4) is 6.07 Å². The van der Waals surface area contributed by atoms with E-state index in [1.807, 2.05) is 13.0 Å². The van der Waals surface area contributed by atoms with Crippen LogP contribution in [0.1, 0.15) is 29.2 Å². The van der Waals surface area contributed by atoms with Gasteiger partial charge >= 0.3 is 5.97 Å². The Kier molecular flexibility index (Phi) is 4.03. The van der Waals surface area contributed by atoms with E-state index >= 15 is 0 Å². The fourth-order valence-electron chi connectivity index (χ4n) is 1.70. The van der Waals surface area contributed by atoms with Crippen LogP contribution in [-0.4, -0.2) is 16.2 Å². The van der Waals surface area contributed by atoms with Gasteiger partial charge in [0.25, 0.3) is 0 Å². The number of aliphatic hydroxyl groups excluding tert-OH is 1. The number of nitriles is 1. The zero-order valence-electron chi connectivity index (χ0n) is 9.03. The summed E-state index contributed by atoms with van der Waals surface area (Å²) in [4.78, 5) is 10.7. The molecule has 0 aliphatic carbocycles. The molecule has 0 amide bonds. The standard InChI is InChI=1S/C12H13NO3/c1-2-9-3-8(6-13)4-10(7-14)11(9)5-12(15)16/h3-4,14H,2,5,7H2,1H3,(H,15,16). The van der Waals surface area contributed by atoms with Crippen molar-refractivity contribution in [2.75, 3.05) is 0 Å². The van der Waals surface area contributed by atoms with Gasteiger partial charge in [-0.05, 0) is 35.2 Å². The van der Waals surface area contributed by atoms with Crippen molar-refractivity contribution in [3.05, 3.63) is 34.4 Å². The molecule has 0 bridgehead atoms. The van der Waals surface area contributed by atoms with E-state index in [0.717, 1.165) is 5.56 Å². The normalized spacial score (nSPS) is 9.81. The summed E-state index contributed by atoms with van der Waals surface area (Å²) in [6.07, 6.45) is 0.524.